The average molecular weight is 238 g/mol. The van der Waals surface area contributed by atoms with Crippen LogP contribution in [0.1, 0.15) is 41.5 Å². The molecule has 0 saturated heterocycles. The van der Waals surface area contributed by atoms with Crippen LogP contribution in [0.25, 0.3) is 0 Å². The Morgan fingerprint density at radius 1 is 0.875 bits per heavy atom. The molecular formula is C9H26N4O3. The molecule has 0 aliphatic heterocycles. The zero-order valence-corrected chi connectivity index (χ0v) is 11.0. The number of hydrogen-bond donors (Lipinski definition) is 4. The maximum absolute atomic E-state index is 8.33. The minimum Gasteiger partial charge on any atom is -0.652 e. The highest BCUT2D eigenvalue weighted by atomic mass is 16.6. The van der Waals surface area contributed by atoms with Gasteiger partial charge in [0, 0.05) is 0 Å². The first kappa shape index (κ1) is 20.5. The van der Waals surface area contributed by atoms with Crippen molar-refractivity contribution in [1.29, 1.82) is 0 Å². The van der Waals surface area contributed by atoms with Crippen molar-refractivity contribution in [3.63, 3.8) is 0 Å². The molecule has 100 valence electrons. The van der Waals surface area contributed by atoms with Gasteiger partial charge in [0.25, 0.3) is 0 Å². The molecule has 0 spiro atoms. The van der Waals surface area contributed by atoms with Crippen LogP contribution in [-0.2, 0) is 0 Å². The number of quaternary nitrogens is 2. The van der Waals surface area contributed by atoms with Crippen molar-refractivity contribution in [2.45, 2.75) is 52.6 Å². The predicted molar refractivity (Wildman–Crippen MR) is 57.1 cm³/mol. The highest BCUT2D eigenvalue weighted by Crippen LogP contribution is 1.85. The molecule has 7 heteroatoms. The third kappa shape index (κ3) is 73.6. The lowest BCUT2D eigenvalue weighted by Gasteiger charge is -2.10. The Balaban J connectivity index is -0.000000162. The van der Waals surface area contributed by atoms with Gasteiger partial charge in [-0.1, -0.05) is 0 Å². The molecule has 0 unspecified atom stereocenters. The fraction of sp³-hybridized carbons (Fsp3) is 0.889. The molecule has 0 aromatic rings. The molecule has 0 saturated carbocycles. The first-order valence-electron chi connectivity index (χ1n) is 4.86. The van der Waals surface area contributed by atoms with Gasteiger partial charge < -0.3 is 15.0 Å². The second kappa shape index (κ2) is 9.34. The molecule has 0 amide bonds. The third-order valence-electron chi connectivity index (χ3n) is 1.00. The van der Waals surface area contributed by atoms with E-state index in [9.17, 15) is 0 Å². The van der Waals surface area contributed by atoms with Gasteiger partial charge in [-0.25, -0.2) is 0 Å². The van der Waals surface area contributed by atoms with Gasteiger partial charge >= 0.3 is 0 Å². The fourth-order valence-electron chi connectivity index (χ4n) is 0. The lowest BCUT2D eigenvalue weighted by Crippen LogP contribution is -3.00. The van der Waals surface area contributed by atoms with Crippen molar-refractivity contribution in [3.8, 4) is 0 Å². The van der Waals surface area contributed by atoms with Gasteiger partial charge in [-0.15, -0.1) is 0 Å². The van der Waals surface area contributed by atoms with Gasteiger partial charge in [0.05, 0.1) is 0 Å². The van der Waals surface area contributed by atoms with Crippen molar-refractivity contribution < 1.29 is 25.9 Å². The smallest absolute Gasteiger partial charge is 0.105 e. The maximum Gasteiger partial charge on any atom is 0.105 e. The molecule has 0 radical (unpaired) electrons. The molecule has 8 N–H and O–H groups in total. The van der Waals surface area contributed by atoms with E-state index in [4.69, 9.17) is 26.7 Å². The summed E-state index contributed by atoms with van der Waals surface area (Å²) in [5.74, 6) is 10.4. The quantitative estimate of drug-likeness (QED) is 0.251. The summed E-state index contributed by atoms with van der Waals surface area (Å²) in [5, 5.41) is 16.7. The molecule has 7 nitrogen and oxygen atoms in total. The second-order valence-corrected chi connectivity index (χ2v) is 5.32. The molecule has 0 bridgehead atoms. The zero-order valence-electron chi connectivity index (χ0n) is 11.0. The van der Waals surface area contributed by atoms with Crippen molar-refractivity contribution in [2.75, 3.05) is 0 Å². The second-order valence-electron chi connectivity index (χ2n) is 5.32. The first-order valence-corrected chi connectivity index (χ1v) is 4.86. The maximum atomic E-state index is 8.33. The van der Waals surface area contributed by atoms with E-state index >= 15 is 0 Å². The molecule has 0 rings (SSSR count). The van der Waals surface area contributed by atoms with Crippen LogP contribution in [0.15, 0.2) is 0 Å². The van der Waals surface area contributed by atoms with E-state index in [1.54, 1.807) is 10.9 Å². The topological polar surface area (TPSA) is 148 Å². The van der Waals surface area contributed by atoms with Crippen LogP contribution in [0.3, 0.4) is 0 Å². The lowest BCUT2D eigenvalue weighted by atomic mass is 10.1. The third-order valence-corrected chi connectivity index (χ3v) is 1.00. The lowest BCUT2D eigenvalue weighted by molar-refractivity contribution is -0.729. The van der Waals surface area contributed by atoms with Crippen molar-refractivity contribution >= 4 is 6.16 Å². The normalized spacial score (nSPS) is 10.5. The summed E-state index contributed by atoms with van der Waals surface area (Å²) in [6.45, 7) is 12.4. The van der Waals surface area contributed by atoms with Crippen LogP contribution in [-0.4, -0.2) is 17.2 Å². The van der Waals surface area contributed by atoms with E-state index in [2.05, 4.69) is 41.5 Å². The molecule has 0 aromatic carbocycles. The van der Waals surface area contributed by atoms with Gasteiger partial charge in [-0.2, -0.15) is 11.7 Å². The van der Waals surface area contributed by atoms with Gasteiger partial charge in [0.15, 0.2) is 0 Å². The highest BCUT2D eigenvalue weighted by Gasteiger charge is 2.08. The van der Waals surface area contributed by atoms with Gasteiger partial charge in [-0.3, -0.25) is 10.9 Å². The van der Waals surface area contributed by atoms with E-state index in [0.29, 0.717) is 0 Å². The van der Waals surface area contributed by atoms with Crippen molar-refractivity contribution in [1.82, 2.24) is 0 Å². The van der Waals surface area contributed by atoms with Crippen LogP contribution in [0, 0.1) is 0 Å². The molecular weight excluding hydrogens is 212 g/mol. The van der Waals surface area contributed by atoms with E-state index in [-0.39, 0.29) is 11.1 Å². The largest absolute Gasteiger partial charge is 0.652 e. The molecule has 0 aromatic heterocycles. The van der Waals surface area contributed by atoms with Crippen LogP contribution in [0.2, 0.25) is 0 Å². The summed E-state index contributed by atoms with van der Waals surface area (Å²) >= 11 is 0. The summed E-state index contributed by atoms with van der Waals surface area (Å²) in [7, 11) is 0. The van der Waals surface area contributed by atoms with Crippen molar-refractivity contribution in [2.24, 2.45) is 11.7 Å². The Morgan fingerprint density at radius 3 is 0.938 bits per heavy atom. The minimum atomic E-state index is -2.33. The Kier molecular flexibility index (Phi) is 12.0. The number of carboxylic acid groups (broad SMARTS) is 2. The minimum absolute atomic E-state index is 0.194. The van der Waals surface area contributed by atoms with E-state index in [1.807, 2.05) is 0 Å². The molecule has 0 heterocycles. The Labute approximate surface area is 97.1 Å². The number of rotatable bonds is 0. The van der Waals surface area contributed by atoms with Gasteiger partial charge in [-0.05, 0) is 47.7 Å². The van der Waals surface area contributed by atoms with Gasteiger partial charge in [0.2, 0.25) is 0 Å². The summed E-state index contributed by atoms with van der Waals surface area (Å²) in [6.07, 6.45) is -2.33. The van der Waals surface area contributed by atoms with Crippen LogP contribution in [0.4, 0.5) is 4.79 Å². The predicted octanol–water partition coefficient (Wildman–Crippen LogP) is -4.00. The number of nitrogens with two attached hydrogens (primary N) is 4. The van der Waals surface area contributed by atoms with Crippen LogP contribution < -0.4 is 32.7 Å². The van der Waals surface area contributed by atoms with E-state index in [1.165, 1.54) is 0 Å². The van der Waals surface area contributed by atoms with Crippen molar-refractivity contribution in [3.05, 3.63) is 0 Å². The molecule has 0 fully saturated rings. The fourth-order valence-corrected chi connectivity index (χ4v) is 0. The SMILES string of the molecule is CC(C)(C)[NH2+]N.CC(C)(C)[NH2+]N.O=C([O-])[O-]. The van der Waals surface area contributed by atoms with E-state index < -0.39 is 6.16 Å². The Bertz CT molecular complexity index is 155. The number of carbonyl (C=O) groups excluding carboxylic acids is 1. The molecule has 0 atom stereocenters. The summed E-state index contributed by atoms with van der Waals surface area (Å²) in [6, 6.07) is 0. The van der Waals surface area contributed by atoms with Gasteiger partial charge in [0.1, 0.15) is 11.1 Å². The molecule has 0 aliphatic rings. The standard InChI is InChI=1S/2C4H12N2.CH2O3/c2*1-4(2,3)6-5;2-1(3)4/h2*6H,5H2,1-3H3;(H2,2,3,4). The first-order chi connectivity index (χ1) is 6.85. The average Bonchev–Trinajstić information content (AvgIpc) is 2.02. The summed E-state index contributed by atoms with van der Waals surface area (Å²) < 4.78 is 0. The number of carbonyl (C=O) groups is 1. The molecule has 16 heavy (non-hydrogen) atoms. The van der Waals surface area contributed by atoms with E-state index in [0.717, 1.165) is 0 Å². The monoisotopic (exact) mass is 238 g/mol. The van der Waals surface area contributed by atoms with Crippen LogP contribution >= 0.6 is 0 Å². The Morgan fingerprint density at radius 2 is 0.938 bits per heavy atom. The highest BCUT2D eigenvalue weighted by molar-refractivity contribution is 5.47. The summed E-state index contributed by atoms with van der Waals surface area (Å²) in [4.78, 5) is 8.33. The molecule has 0 aliphatic carbocycles. The summed E-state index contributed by atoms with van der Waals surface area (Å²) in [5.41, 5.74) is 3.76. The van der Waals surface area contributed by atoms with Crippen LogP contribution in [0.5, 0.6) is 0 Å². The Hall–Kier alpha value is -0.890. The zero-order chi connectivity index (χ0) is 14.0. The number of hydrogen-bond acceptors (Lipinski definition) is 5.